The van der Waals surface area contributed by atoms with Gasteiger partial charge in [0.15, 0.2) is 0 Å². The van der Waals surface area contributed by atoms with E-state index in [9.17, 15) is 0 Å². The Morgan fingerprint density at radius 2 is 1.26 bits per heavy atom. The van der Waals surface area contributed by atoms with Crippen LogP contribution in [0.25, 0.3) is 92.2 Å². The van der Waals surface area contributed by atoms with Crippen LogP contribution in [0.1, 0.15) is 25.0 Å². The summed E-state index contributed by atoms with van der Waals surface area (Å²) in [5.41, 5.74) is 13.3. The predicted molar refractivity (Wildman–Crippen MR) is 212 cm³/mol. The zero-order valence-electron chi connectivity index (χ0n) is 27.7. The van der Waals surface area contributed by atoms with E-state index in [2.05, 4.69) is 158 Å². The van der Waals surface area contributed by atoms with E-state index >= 15 is 0 Å². The second kappa shape index (κ2) is 10.1. The lowest BCUT2D eigenvalue weighted by Crippen LogP contribution is -2.15. The van der Waals surface area contributed by atoms with Gasteiger partial charge in [-0.3, -0.25) is 0 Å². The smallest absolute Gasteiger partial charge is 0.135 e. The highest BCUT2D eigenvalue weighted by Crippen LogP contribution is 2.54. The maximum absolute atomic E-state index is 6.35. The van der Waals surface area contributed by atoms with Crippen molar-refractivity contribution in [3.05, 3.63) is 163 Å². The van der Waals surface area contributed by atoms with E-state index in [-0.39, 0.29) is 5.41 Å². The Kier molecular flexibility index (Phi) is 5.64. The molecule has 236 valence electrons. The molecular weight excluding hydrogens is 627 g/mol. The number of nitrogens with zero attached hydrogens (tertiary/aromatic N) is 1. The first-order valence-corrected chi connectivity index (χ1v) is 18.1. The first-order chi connectivity index (χ1) is 24.5. The summed E-state index contributed by atoms with van der Waals surface area (Å²) in [6, 6.07) is 55.4. The van der Waals surface area contributed by atoms with Crippen LogP contribution in [-0.4, -0.2) is 4.57 Å². The Hall–Kier alpha value is -5.90. The highest BCUT2D eigenvalue weighted by atomic mass is 32.1. The molecule has 0 saturated carbocycles. The molecule has 3 heterocycles. The van der Waals surface area contributed by atoms with Crippen molar-refractivity contribution < 1.29 is 4.42 Å². The Labute approximate surface area is 293 Å². The van der Waals surface area contributed by atoms with Crippen LogP contribution in [0.5, 0.6) is 0 Å². The third kappa shape index (κ3) is 3.84. The molecule has 0 unspecified atom stereocenters. The van der Waals surface area contributed by atoms with Crippen molar-refractivity contribution in [1.82, 2.24) is 4.57 Å². The average Bonchev–Trinajstić information content (AvgIpc) is 3.90. The molecule has 0 aliphatic heterocycles. The fourth-order valence-corrected chi connectivity index (χ4v) is 9.75. The molecule has 0 fully saturated rings. The lowest BCUT2D eigenvalue weighted by Gasteiger charge is -2.23. The lowest BCUT2D eigenvalue weighted by molar-refractivity contribution is 0.631. The van der Waals surface area contributed by atoms with Crippen molar-refractivity contribution in [2.75, 3.05) is 0 Å². The van der Waals surface area contributed by atoms with Gasteiger partial charge in [0, 0.05) is 53.0 Å². The molecule has 1 aliphatic rings. The standard InChI is InChI=1S/C47H31NOS/c1-47(2)38-27-32(18-19-33(38)34-20-23-44-45(46(34)47)35-13-7-9-15-43(35)50-44)48-39-21-16-29(28-10-4-3-5-11-28)24-36(39)37-25-31(17-22-40(37)48)42-26-30-12-6-8-14-41(30)49-42/h3-27H,1-2H3. The maximum atomic E-state index is 6.35. The quantitative estimate of drug-likeness (QED) is 0.185. The fraction of sp³-hybridized carbons (Fsp3) is 0.0638. The first kappa shape index (κ1) is 28.0. The van der Waals surface area contributed by atoms with Crippen LogP contribution in [0.4, 0.5) is 0 Å². The molecule has 7 aromatic carbocycles. The number of thiophene rings is 1. The summed E-state index contributed by atoms with van der Waals surface area (Å²) in [5.74, 6) is 0.887. The van der Waals surface area contributed by atoms with Gasteiger partial charge in [-0.2, -0.15) is 0 Å². The summed E-state index contributed by atoms with van der Waals surface area (Å²) in [6.07, 6.45) is 0. The molecule has 50 heavy (non-hydrogen) atoms. The van der Waals surface area contributed by atoms with Gasteiger partial charge in [0.05, 0.1) is 11.0 Å². The number of para-hydroxylation sites is 1. The fourth-order valence-electron chi connectivity index (χ4n) is 8.64. The van der Waals surface area contributed by atoms with Gasteiger partial charge in [0.1, 0.15) is 11.3 Å². The van der Waals surface area contributed by atoms with Gasteiger partial charge in [-0.15, -0.1) is 11.3 Å². The van der Waals surface area contributed by atoms with Crippen LogP contribution in [-0.2, 0) is 5.41 Å². The summed E-state index contributed by atoms with van der Waals surface area (Å²) in [4.78, 5) is 0. The van der Waals surface area contributed by atoms with Gasteiger partial charge < -0.3 is 8.98 Å². The highest BCUT2D eigenvalue weighted by Gasteiger charge is 2.38. The minimum atomic E-state index is -0.155. The summed E-state index contributed by atoms with van der Waals surface area (Å²) in [5, 5.41) is 6.33. The number of benzene rings is 7. The van der Waals surface area contributed by atoms with Gasteiger partial charge in [-0.05, 0) is 100 Å². The molecule has 0 spiro atoms. The Bertz CT molecular complexity index is 2970. The molecule has 0 atom stereocenters. The molecule has 0 N–H and O–H groups in total. The monoisotopic (exact) mass is 657 g/mol. The molecule has 10 aromatic rings. The number of furan rings is 1. The highest BCUT2D eigenvalue weighted by molar-refractivity contribution is 7.25. The largest absolute Gasteiger partial charge is 0.456 e. The third-order valence-corrected chi connectivity index (χ3v) is 12.1. The number of hydrogen-bond donors (Lipinski definition) is 0. The van der Waals surface area contributed by atoms with Gasteiger partial charge in [0.2, 0.25) is 0 Å². The van der Waals surface area contributed by atoms with Crippen LogP contribution >= 0.6 is 11.3 Å². The number of hydrogen-bond acceptors (Lipinski definition) is 2. The second-order valence-corrected chi connectivity index (χ2v) is 15.2. The van der Waals surface area contributed by atoms with E-state index in [0.29, 0.717) is 0 Å². The normalized spacial score (nSPS) is 13.6. The van der Waals surface area contributed by atoms with Gasteiger partial charge in [0.25, 0.3) is 0 Å². The van der Waals surface area contributed by atoms with E-state index < -0.39 is 0 Å². The number of aromatic nitrogens is 1. The minimum absolute atomic E-state index is 0.155. The zero-order chi connectivity index (χ0) is 33.1. The molecule has 0 amide bonds. The third-order valence-electron chi connectivity index (χ3n) is 11.0. The predicted octanol–water partition coefficient (Wildman–Crippen LogP) is 13.5. The van der Waals surface area contributed by atoms with Crippen molar-refractivity contribution in [3.63, 3.8) is 0 Å². The molecule has 0 radical (unpaired) electrons. The Balaban J connectivity index is 1.14. The molecule has 0 bridgehead atoms. The van der Waals surface area contributed by atoms with Crippen LogP contribution in [0, 0.1) is 0 Å². The molecule has 3 heteroatoms. The minimum Gasteiger partial charge on any atom is -0.456 e. The van der Waals surface area contributed by atoms with Crippen LogP contribution in [0.2, 0.25) is 0 Å². The number of rotatable bonds is 3. The average molecular weight is 658 g/mol. The lowest BCUT2D eigenvalue weighted by atomic mass is 9.80. The SMILES string of the molecule is CC1(C)c2cc(-n3c4ccc(-c5ccccc5)cc4c4cc(-c5cc6ccccc6o5)ccc43)ccc2-c2ccc3sc4ccccc4c3c21. The molecule has 3 aromatic heterocycles. The van der Waals surface area contributed by atoms with Crippen molar-refractivity contribution >= 4 is 64.3 Å². The van der Waals surface area contributed by atoms with Crippen molar-refractivity contribution in [2.45, 2.75) is 19.3 Å². The van der Waals surface area contributed by atoms with Crippen LogP contribution in [0.15, 0.2) is 156 Å². The molecule has 2 nitrogen and oxygen atoms in total. The molecule has 0 saturated heterocycles. The Morgan fingerprint density at radius 3 is 2.10 bits per heavy atom. The topological polar surface area (TPSA) is 18.1 Å². The van der Waals surface area contributed by atoms with E-state index in [1.165, 1.54) is 81.0 Å². The van der Waals surface area contributed by atoms with E-state index in [1.54, 1.807) is 0 Å². The summed E-state index contributed by atoms with van der Waals surface area (Å²) >= 11 is 1.90. The molecule has 1 aliphatic carbocycles. The molecule has 11 rings (SSSR count). The Morgan fingerprint density at radius 1 is 0.540 bits per heavy atom. The van der Waals surface area contributed by atoms with E-state index in [0.717, 1.165) is 22.3 Å². The summed E-state index contributed by atoms with van der Waals surface area (Å²) in [6.45, 7) is 4.82. The maximum Gasteiger partial charge on any atom is 0.135 e. The first-order valence-electron chi connectivity index (χ1n) is 17.3. The van der Waals surface area contributed by atoms with Crippen molar-refractivity contribution in [3.8, 4) is 39.3 Å². The summed E-state index contributed by atoms with van der Waals surface area (Å²) < 4.78 is 11.5. The van der Waals surface area contributed by atoms with Gasteiger partial charge >= 0.3 is 0 Å². The molecular formula is C47H31NOS. The van der Waals surface area contributed by atoms with E-state index in [4.69, 9.17) is 4.42 Å². The van der Waals surface area contributed by atoms with Gasteiger partial charge in [-0.25, -0.2) is 0 Å². The second-order valence-electron chi connectivity index (χ2n) is 14.1. The number of fused-ring (bicyclic) bond motifs is 11. The van der Waals surface area contributed by atoms with Crippen molar-refractivity contribution in [1.29, 1.82) is 0 Å². The van der Waals surface area contributed by atoms with Crippen LogP contribution in [0.3, 0.4) is 0 Å². The summed E-state index contributed by atoms with van der Waals surface area (Å²) in [7, 11) is 0. The van der Waals surface area contributed by atoms with Crippen LogP contribution < -0.4 is 0 Å². The van der Waals surface area contributed by atoms with Gasteiger partial charge in [-0.1, -0.05) is 98.8 Å². The zero-order valence-corrected chi connectivity index (χ0v) is 28.5. The van der Waals surface area contributed by atoms with E-state index in [1.807, 2.05) is 23.5 Å². The van der Waals surface area contributed by atoms with Crippen molar-refractivity contribution in [2.24, 2.45) is 0 Å².